The average Bonchev–Trinajstić information content (AvgIpc) is 2.88. The summed E-state index contributed by atoms with van der Waals surface area (Å²) in [6.07, 6.45) is 4.55. The third-order valence-corrected chi connectivity index (χ3v) is 5.65. The second-order valence-corrected chi connectivity index (χ2v) is 8.24. The summed E-state index contributed by atoms with van der Waals surface area (Å²) in [7, 11) is 3.18. The molecule has 2 aromatic carbocycles. The van der Waals surface area contributed by atoms with Crippen LogP contribution in [0.15, 0.2) is 66.9 Å². The van der Waals surface area contributed by atoms with Gasteiger partial charge in [-0.3, -0.25) is 10.3 Å². The highest BCUT2D eigenvalue weighted by Gasteiger charge is 2.11. The van der Waals surface area contributed by atoms with Gasteiger partial charge >= 0.3 is 6.03 Å². The number of anilines is 1. The molecule has 0 saturated heterocycles. The van der Waals surface area contributed by atoms with Crippen molar-refractivity contribution in [1.29, 1.82) is 0 Å². The molecule has 0 fully saturated rings. The number of aromatic nitrogens is 3. The molecule has 2 N–H and O–H groups in total. The van der Waals surface area contributed by atoms with E-state index in [9.17, 15) is 4.79 Å². The molecule has 0 bridgehead atoms. The zero-order valence-corrected chi connectivity index (χ0v) is 20.1. The van der Waals surface area contributed by atoms with Crippen LogP contribution in [0, 0.1) is 0 Å². The Morgan fingerprint density at radius 1 is 0.971 bits per heavy atom. The van der Waals surface area contributed by atoms with Gasteiger partial charge in [-0.25, -0.2) is 14.8 Å². The van der Waals surface area contributed by atoms with Gasteiger partial charge in [-0.2, -0.15) is 0 Å². The molecule has 180 valence electrons. The van der Waals surface area contributed by atoms with Crippen LogP contribution in [0.1, 0.15) is 25.3 Å². The third kappa shape index (κ3) is 6.23. The van der Waals surface area contributed by atoms with Crippen molar-refractivity contribution >= 4 is 23.0 Å². The number of nitrogens with one attached hydrogen (secondary N) is 2. The van der Waals surface area contributed by atoms with Crippen molar-refractivity contribution in [2.75, 3.05) is 19.5 Å². The fraction of sp³-hybridized carbons (Fsp3) is 0.259. The van der Waals surface area contributed by atoms with Gasteiger partial charge in [-0.1, -0.05) is 30.3 Å². The summed E-state index contributed by atoms with van der Waals surface area (Å²) < 4.78 is 10.7. The first-order valence-electron chi connectivity index (χ1n) is 11.5. The van der Waals surface area contributed by atoms with Gasteiger partial charge in [0.1, 0.15) is 11.3 Å². The normalized spacial score (nSPS) is 11.6. The third-order valence-electron chi connectivity index (χ3n) is 5.65. The van der Waals surface area contributed by atoms with Crippen LogP contribution in [0.2, 0.25) is 0 Å². The topological polar surface area (TPSA) is 98.3 Å². The van der Waals surface area contributed by atoms with Gasteiger partial charge in [0, 0.05) is 11.6 Å². The number of benzene rings is 2. The van der Waals surface area contributed by atoms with E-state index in [0.717, 1.165) is 24.8 Å². The summed E-state index contributed by atoms with van der Waals surface area (Å²) in [6, 6.07) is 19.1. The largest absolute Gasteiger partial charge is 0.493 e. The number of carbonyl (C=O) groups excluding carboxylic acids is 1. The molecule has 4 rings (SSSR count). The second kappa shape index (κ2) is 11.3. The molecule has 2 heterocycles. The highest BCUT2D eigenvalue weighted by atomic mass is 16.5. The van der Waals surface area contributed by atoms with Crippen LogP contribution in [0.5, 0.6) is 11.5 Å². The molecule has 8 nitrogen and oxygen atoms in total. The Balaban J connectivity index is 1.39. The Kier molecular flexibility index (Phi) is 7.72. The molecule has 2 aromatic heterocycles. The summed E-state index contributed by atoms with van der Waals surface area (Å²) in [5.74, 6) is 1.64. The highest BCUT2D eigenvalue weighted by Crippen LogP contribution is 2.31. The number of aryl methyl sites for hydroxylation is 1. The number of urea groups is 1. The van der Waals surface area contributed by atoms with Gasteiger partial charge in [-0.05, 0) is 62.1 Å². The van der Waals surface area contributed by atoms with Gasteiger partial charge in [-0.15, -0.1) is 0 Å². The monoisotopic (exact) mass is 471 g/mol. The van der Waals surface area contributed by atoms with E-state index in [0.29, 0.717) is 34.2 Å². The predicted octanol–water partition coefficient (Wildman–Crippen LogP) is 5.24. The fourth-order valence-corrected chi connectivity index (χ4v) is 3.81. The van der Waals surface area contributed by atoms with E-state index in [1.807, 2.05) is 43.3 Å². The molecule has 8 heteroatoms. The number of rotatable bonds is 9. The van der Waals surface area contributed by atoms with E-state index >= 15 is 0 Å². The molecule has 0 saturated carbocycles. The minimum absolute atomic E-state index is 0.0376. The summed E-state index contributed by atoms with van der Waals surface area (Å²) in [6.45, 7) is 2.00. The number of hydrogen-bond acceptors (Lipinski definition) is 6. The van der Waals surface area contributed by atoms with Crippen molar-refractivity contribution in [3.63, 3.8) is 0 Å². The predicted molar refractivity (Wildman–Crippen MR) is 137 cm³/mol. The lowest BCUT2D eigenvalue weighted by Crippen LogP contribution is -2.36. The smallest absolute Gasteiger partial charge is 0.320 e. The molecule has 35 heavy (non-hydrogen) atoms. The maximum absolute atomic E-state index is 12.5. The van der Waals surface area contributed by atoms with Crippen molar-refractivity contribution in [1.82, 2.24) is 20.3 Å². The first-order valence-corrected chi connectivity index (χ1v) is 11.5. The summed E-state index contributed by atoms with van der Waals surface area (Å²) in [5.41, 5.74) is 3.83. The number of carbonyl (C=O) groups is 1. The summed E-state index contributed by atoms with van der Waals surface area (Å²) >= 11 is 0. The standard InChI is InChI=1S/C27H29N5O3/c1-18(8-7-11-19-9-5-4-6-10-19)29-27(33)32-25-15-13-21-26(31-25)30-22(17-28-21)20-12-14-23(34-2)24(16-20)35-3/h4-6,9-10,12-18H,7-8,11H2,1-3H3,(H2,29,30,31,32,33). The lowest BCUT2D eigenvalue weighted by molar-refractivity contribution is 0.248. The van der Waals surface area contributed by atoms with E-state index < -0.39 is 0 Å². The molecule has 2 amide bonds. The van der Waals surface area contributed by atoms with Crippen molar-refractivity contribution in [2.24, 2.45) is 0 Å². The molecular weight excluding hydrogens is 442 g/mol. The molecule has 0 aliphatic carbocycles. The van der Waals surface area contributed by atoms with Gasteiger partial charge in [0.2, 0.25) is 0 Å². The molecular formula is C27H29N5O3. The van der Waals surface area contributed by atoms with E-state index in [1.54, 1.807) is 32.5 Å². The number of pyridine rings is 1. The molecule has 0 aliphatic rings. The molecule has 0 spiro atoms. The van der Waals surface area contributed by atoms with Crippen molar-refractivity contribution in [2.45, 2.75) is 32.2 Å². The highest BCUT2D eigenvalue weighted by molar-refractivity contribution is 5.89. The maximum atomic E-state index is 12.5. The number of amides is 2. The maximum Gasteiger partial charge on any atom is 0.320 e. The summed E-state index contributed by atoms with van der Waals surface area (Å²) in [5, 5.41) is 5.77. The van der Waals surface area contributed by atoms with Gasteiger partial charge < -0.3 is 14.8 Å². The van der Waals surface area contributed by atoms with Crippen LogP contribution < -0.4 is 20.1 Å². The molecule has 1 unspecified atom stereocenters. The summed E-state index contributed by atoms with van der Waals surface area (Å²) in [4.78, 5) is 26.1. The lowest BCUT2D eigenvalue weighted by Gasteiger charge is -2.14. The number of nitrogens with zero attached hydrogens (tertiary/aromatic N) is 3. The molecule has 0 radical (unpaired) electrons. The van der Waals surface area contributed by atoms with Crippen LogP contribution >= 0.6 is 0 Å². The first-order chi connectivity index (χ1) is 17.1. The first kappa shape index (κ1) is 23.9. The Hall–Kier alpha value is -4.20. The Labute approximate surface area is 204 Å². The number of hydrogen-bond donors (Lipinski definition) is 2. The molecule has 4 aromatic rings. The Bertz CT molecular complexity index is 1300. The SMILES string of the molecule is COc1ccc(-c2cnc3ccc(NC(=O)NC(C)CCCc4ccccc4)nc3n2)cc1OC. The lowest BCUT2D eigenvalue weighted by atomic mass is 10.1. The molecule has 1 atom stereocenters. The average molecular weight is 472 g/mol. The van der Waals surface area contributed by atoms with Crippen LogP contribution in [0.3, 0.4) is 0 Å². The van der Waals surface area contributed by atoms with Gasteiger partial charge in [0.25, 0.3) is 0 Å². The minimum Gasteiger partial charge on any atom is -0.493 e. The quantitative estimate of drug-likeness (QED) is 0.346. The number of fused-ring (bicyclic) bond motifs is 1. The van der Waals surface area contributed by atoms with Crippen molar-refractivity contribution in [3.05, 3.63) is 72.4 Å². The zero-order valence-electron chi connectivity index (χ0n) is 20.1. The van der Waals surface area contributed by atoms with Gasteiger partial charge in [0.05, 0.1) is 26.1 Å². The van der Waals surface area contributed by atoms with Crippen LogP contribution in [0.25, 0.3) is 22.4 Å². The van der Waals surface area contributed by atoms with Crippen LogP contribution in [-0.2, 0) is 6.42 Å². The van der Waals surface area contributed by atoms with Gasteiger partial charge in [0.15, 0.2) is 17.1 Å². The van der Waals surface area contributed by atoms with E-state index in [-0.39, 0.29) is 12.1 Å². The molecule has 0 aliphatic heterocycles. The van der Waals surface area contributed by atoms with E-state index in [1.165, 1.54) is 5.56 Å². The fourth-order valence-electron chi connectivity index (χ4n) is 3.81. The van der Waals surface area contributed by atoms with E-state index in [2.05, 4.69) is 37.7 Å². The number of ether oxygens (including phenoxy) is 2. The second-order valence-electron chi connectivity index (χ2n) is 8.24. The van der Waals surface area contributed by atoms with Crippen LogP contribution in [0.4, 0.5) is 10.6 Å². The van der Waals surface area contributed by atoms with Crippen molar-refractivity contribution < 1.29 is 14.3 Å². The number of methoxy groups -OCH3 is 2. The van der Waals surface area contributed by atoms with E-state index in [4.69, 9.17) is 9.47 Å². The Morgan fingerprint density at radius 3 is 2.54 bits per heavy atom. The van der Waals surface area contributed by atoms with Crippen LogP contribution in [-0.4, -0.2) is 41.2 Å². The zero-order chi connectivity index (χ0) is 24.6. The minimum atomic E-state index is -0.298. The Morgan fingerprint density at radius 2 is 1.77 bits per heavy atom. The van der Waals surface area contributed by atoms with Crippen molar-refractivity contribution in [3.8, 4) is 22.8 Å².